The molecule has 9 N–H and O–H groups in total. The van der Waals surface area contributed by atoms with E-state index in [1.54, 1.807) is 24.3 Å². The summed E-state index contributed by atoms with van der Waals surface area (Å²) in [6.07, 6.45) is 0. The summed E-state index contributed by atoms with van der Waals surface area (Å²) in [5.74, 6) is -1.93. The number of rotatable bonds is 11. The average molecular weight is 1250 g/mol. The third-order valence-electron chi connectivity index (χ3n) is 4.51. The molecule has 0 atom stereocenters. The van der Waals surface area contributed by atoms with E-state index in [1.807, 2.05) is 12.1 Å². The van der Waals surface area contributed by atoms with Crippen LogP contribution in [-0.4, -0.2) is 154 Å². The number of aromatic hydroxyl groups is 3. The number of phenols is 3. The Balaban J connectivity index is 0.000000330. The van der Waals surface area contributed by atoms with Gasteiger partial charge in [0.1, 0.15) is 0 Å². The third-order valence-corrected chi connectivity index (χ3v) is 18.1. The van der Waals surface area contributed by atoms with Crippen molar-refractivity contribution in [2.75, 3.05) is 33.6 Å². The molecule has 0 unspecified atom stereocenters. The van der Waals surface area contributed by atoms with E-state index >= 15 is 0 Å². The van der Waals surface area contributed by atoms with Crippen molar-refractivity contribution in [3.05, 3.63) is 54.6 Å². The first kappa shape index (κ1) is 41.7. The fourth-order valence-corrected chi connectivity index (χ4v) is 10.5. The van der Waals surface area contributed by atoms with E-state index in [-0.39, 0.29) is 45.6 Å². The number of phenolic OH excluding ortho intramolecular Hbond substituents is 3. The summed E-state index contributed by atoms with van der Waals surface area (Å²) in [5.41, 5.74) is 0.943. The molecule has 0 saturated carbocycles. The molecule has 0 aliphatic carbocycles. The average Bonchev–Trinajstić information content (AvgIpc) is 2.92. The van der Waals surface area contributed by atoms with Gasteiger partial charge < -0.3 is 0 Å². The van der Waals surface area contributed by atoms with Crippen LogP contribution in [0.5, 0.6) is 17.2 Å². The first-order valence-electron chi connectivity index (χ1n) is 11.2. The Kier molecular flexibility index (Phi) is 18.4. The molecule has 0 spiro atoms. The van der Waals surface area contributed by atoms with Crippen LogP contribution in [0.1, 0.15) is 0 Å². The van der Waals surface area contributed by atoms with Crippen LogP contribution < -0.4 is 29.0 Å². The normalized spacial score (nSPS) is 11.5. The number of anilines is 3. The Morgan fingerprint density at radius 3 is 1.16 bits per heavy atom. The van der Waals surface area contributed by atoms with Crippen LogP contribution in [0.4, 0.5) is 17.1 Å². The molecule has 0 fully saturated rings. The number of hydrogen-bond donors (Lipinski definition) is 9. The molecule has 4 radical (unpaired) electrons. The van der Waals surface area contributed by atoms with Crippen molar-refractivity contribution in [3.8, 4) is 17.2 Å². The van der Waals surface area contributed by atoms with Crippen LogP contribution in [0.2, 0.25) is 0 Å². The Labute approximate surface area is 298 Å². The summed E-state index contributed by atoms with van der Waals surface area (Å²) in [4.78, 5) is 0. The fraction of sp³-hybridized carbons (Fsp3) is 0.143. The standard InChI is InChI=1S/3C7H8AsNO4S.2Bi/c3*8-5-1-2-7(10)6(3-5)9-4-14(11,12)13;;/h3*1-3,9-10H,4H2,(H,11,12,13);;. The molecule has 0 aromatic heterocycles. The number of nitrogens with one attached hydrogen (secondary N) is 3. The molecule has 0 heterocycles. The van der Waals surface area contributed by atoms with Gasteiger partial charge in [-0.25, -0.2) is 0 Å². The Hall–Kier alpha value is -0.368. The molecule has 23 heteroatoms. The molecule has 0 aliphatic heterocycles. The minimum absolute atomic E-state index is 0.0182. The summed E-state index contributed by atoms with van der Waals surface area (Å²) in [5, 5.41) is 35.4. The van der Waals surface area contributed by atoms with Gasteiger partial charge in [-0.3, -0.25) is 0 Å². The minimum atomic E-state index is -4.08. The van der Waals surface area contributed by atoms with Crippen molar-refractivity contribution >= 4 is 143 Å². The molecule has 0 bridgehead atoms. The molecule has 3 aromatic rings. The second kappa shape index (κ2) is 19.5. The molecular weight excluding hydrogens is 1230 g/mol. The Morgan fingerprint density at radius 2 is 0.864 bits per heavy atom. The zero-order valence-corrected chi connectivity index (χ0v) is 36.9. The van der Waals surface area contributed by atoms with Gasteiger partial charge in [-0.05, 0) is 0 Å². The SMILES string of the molecule is O=S(=O)(O)CNc1cc([As])ccc1O.O=S(=O)(O)CNc1cc([As]=[Bi])ccc1O.O=S(=O)(O)CNc1cc([As]=[Bi])ccc1O. The quantitative estimate of drug-likeness (QED) is 0.0550. The second-order valence-corrected chi connectivity index (χ2v) is 24.5. The zero-order valence-electron chi connectivity index (χ0n) is 21.9. The van der Waals surface area contributed by atoms with Crippen molar-refractivity contribution in [2.45, 2.75) is 0 Å². The molecular formula is C21H24As3Bi2N3O12S3. The zero-order chi connectivity index (χ0) is 33.7. The van der Waals surface area contributed by atoms with E-state index in [2.05, 4.69) is 32.8 Å². The van der Waals surface area contributed by atoms with Gasteiger partial charge in [0.2, 0.25) is 0 Å². The van der Waals surface area contributed by atoms with Crippen molar-refractivity contribution in [1.29, 1.82) is 0 Å². The summed E-state index contributed by atoms with van der Waals surface area (Å²) < 4.78 is 91.4. The molecule has 0 amide bonds. The van der Waals surface area contributed by atoms with E-state index < -0.39 is 48.0 Å². The maximum absolute atomic E-state index is 10.5. The number of hydrogen-bond acceptors (Lipinski definition) is 12. The molecule has 0 saturated heterocycles. The van der Waals surface area contributed by atoms with Gasteiger partial charge in [0.15, 0.2) is 0 Å². The van der Waals surface area contributed by atoms with E-state index in [1.165, 1.54) is 61.2 Å². The van der Waals surface area contributed by atoms with E-state index in [0.717, 1.165) is 13.1 Å². The fourth-order valence-electron chi connectivity index (χ4n) is 2.63. The summed E-state index contributed by atoms with van der Waals surface area (Å²) in [6.45, 7) is 0. The Bertz CT molecular complexity index is 1710. The van der Waals surface area contributed by atoms with Crippen LogP contribution in [-0.2, 0) is 30.4 Å². The molecule has 3 rings (SSSR count). The maximum atomic E-state index is 10.5. The monoisotopic (exact) mass is 1250 g/mol. The van der Waals surface area contributed by atoms with Crippen LogP contribution in [0.15, 0.2) is 54.6 Å². The number of benzene rings is 3. The first-order valence-corrected chi connectivity index (χ1v) is 36.7. The van der Waals surface area contributed by atoms with E-state index in [0.29, 0.717) is 11.4 Å². The van der Waals surface area contributed by atoms with Gasteiger partial charge in [0.25, 0.3) is 0 Å². The van der Waals surface area contributed by atoms with Gasteiger partial charge in [0.05, 0.1) is 0 Å². The first-order chi connectivity index (χ1) is 20.2. The third kappa shape index (κ3) is 18.7. The van der Waals surface area contributed by atoms with Gasteiger partial charge in [-0.15, -0.1) is 0 Å². The van der Waals surface area contributed by atoms with Gasteiger partial charge in [0, 0.05) is 0 Å². The van der Waals surface area contributed by atoms with Crippen LogP contribution in [0, 0.1) is 0 Å². The molecule has 0 aliphatic rings. The second-order valence-electron chi connectivity index (χ2n) is 8.01. The van der Waals surface area contributed by atoms with Crippen molar-refractivity contribution in [3.63, 3.8) is 0 Å². The van der Waals surface area contributed by atoms with Crippen molar-refractivity contribution < 1.29 is 54.2 Å². The Morgan fingerprint density at radius 1 is 0.568 bits per heavy atom. The van der Waals surface area contributed by atoms with Crippen LogP contribution >= 0.6 is 0 Å². The summed E-state index contributed by atoms with van der Waals surface area (Å²) >= 11 is 5.05. The predicted octanol–water partition coefficient (Wildman–Crippen LogP) is -2.43. The molecule has 15 nitrogen and oxygen atoms in total. The van der Waals surface area contributed by atoms with Crippen molar-refractivity contribution in [2.24, 2.45) is 0 Å². The summed E-state index contributed by atoms with van der Waals surface area (Å²) in [6, 6.07) is 14.7. The molecule has 44 heavy (non-hydrogen) atoms. The van der Waals surface area contributed by atoms with Gasteiger partial charge in [-0.2, -0.15) is 0 Å². The van der Waals surface area contributed by atoms with Gasteiger partial charge in [-0.1, -0.05) is 0 Å². The summed E-state index contributed by atoms with van der Waals surface area (Å²) in [7, 11) is -12.2. The molecule has 238 valence electrons. The van der Waals surface area contributed by atoms with E-state index in [9.17, 15) is 40.6 Å². The predicted molar refractivity (Wildman–Crippen MR) is 172 cm³/mol. The molecule has 3 aromatic carbocycles. The van der Waals surface area contributed by atoms with Crippen LogP contribution in [0.3, 0.4) is 0 Å². The van der Waals surface area contributed by atoms with Crippen LogP contribution in [0.25, 0.3) is 0 Å². The topological polar surface area (TPSA) is 260 Å². The van der Waals surface area contributed by atoms with E-state index in [4.69, 9.17) is 13.7 Å². The van der Waals surface area contributed by atoms with Crippen molar-refractivity contribution in [1.82, 2.24) is 0 Å². The van der Waals surface area contributed by atoms with Gasteiger partial charge >= 0.3 is 303 Å².